The lowest BCUT2D eigenvalue weighted by molar-refractivity contribution is -0.394. The van der Waals surface area contributed by atoms with Gasteiger partial charge >= 0.3 is 11.9 Å². The Morgan fingerprint density at radius 3 is 1.56 bits per heavy atom. The Morgan fingerprint density at radius 2 is 1.12 bits per heavy atom. The van der Waals surface area contributed by atoms with E-state index >= 15 is 0 Å². The van der Waals surface area contributed by atoms with Gasteiger partial charge in [0.15, 0.2) is 0 Å². The van der Waals surface area contributed by atoms with Crippen molar-refractivity contribution < 1.29 is 29.1 Å². The summed E-state index contributed by atoms with van der Waals surface area (Å²) in [5, 5.41) is 29.1. The van der Waals surface area contributed by atoms with Gasteiger partial charge in [-0.15, -0.1) is 0 Å². The highest BCUT2D eigenvalue weighted by molar-refractivity contribution is 6.18. The minimum atomic E-state index is -1.12. The van der Waals surface area contributed by atoms with E-state index in [1.165, 1.54) is 24.3 Å². The molecule has 1 aliphatic rings. The summed E-state index contributed by atoms with van der Waals surface area (Å²) in [4.78, 5) is 53.6. The van der Waals surface area contributed by atoms with Crippen molar-refractivity contribution in [3.63, 3.8) is 0 Å². The quantitative estimate of drug-likeness (QED) is 0.288. The number of nitrogens with zero attached hydrogens (tertiary/aromatic N) is 4. The van der Waals surface area contributed by atoms with Crippen LogP contribution in [0.4, 0.5) is 11.4 Å². The number of oxime groups is 2. The number of nitro groups is 2. The van der Waals surface area contributed by atoms with Crippen LogP contribution >= 0.6 is 0 Å². The highest BCUT2D eigenvalue weighted by Gasteiger charge is 2.21. The normalized spacial score (nSPS) is 12.1. The van der Waals surface area contributed by atoms with Crippen molar-refractivity contribution in [1.29, 1.82) is 0 Å². The first kappa shape index (κ1) is 21.7. The van der Waals surface area contributed by atoms with Gasteiger partial charge in [-0.1, -0.05) is 28.5 Å². The molecule has 0 bridgehead atoms. The first-order chi connectivity index (χ1) is 15.3. The van der Waals surface area contributed by atoms with Crippen LogP contribution in [0.5, 0.6) is 0 Å². The van der Waals surface area contributed by atoms with Crippen LogP contribution in [-0.2, 0) is 9.68 Å². The molecule has 2 aromatic rings. The number of carbonyl (C=O) groups is 2. The van der Waals surface area contributed by atoms with E-state index in [-0.39, 0.29) is 11.4 Å². The second kappa shape index (κ2) is 9.67. The zero-order valence-electron chi connectivity index (χ0n) is 16.0. The predicted molar refractivity (Wildman–Crippen MR) is 110 cm³/mol. The molecule has 12 nitrogen and oxygen atoms in total. The number of hydrogen-bond donors (Lipinski definition) is 0. The van der Waals surface area contributed by atoms with Crippen LogP contribution in [0.2, 0.25) is 0 Å². The molecule has 0 spiro atoms. The number of nitro benzene ring substituents is 2. The van der Waals surface area contributed by atoms with Crippen LogP contribution < -0.4 is 0 Å². The standard InChI is InChI=1S/C20H12N4O8/c25-19(13-4-2-1-3-5-13)31-21-15-6-8-16(9-7-15)22-32-20(26)14-10-17(23(27)28)12-18(11-14)24(29)30/h1-12H. The van der Waals surface area contributed by atoms with Gasteiger partial charge in [0.05, 0.1) is 27.0 Å². The van der Waals surface area contributed by atoms with E-state index < -0.39 is 38.7 Å². The summed E-state index contributed by atoms with van der Waals surface area (Å²) in [6, 6.07) is 10.7. The first-order valence-electron chi connectivity index (χ1n) is 8.77. The van der Waals surface area contributed by atoms with E-state index in [4.69, 9.17) is 9.68 Å². The summed E-state index contributed by atoms with van der Waals surface area (Å²) in [5.41, 5.74) is -0.893. The van der Waals surface area contributed by atoms with Crippen molar-refractivity contribution in [3.8, 4) is 0 Å². The molecule has 0 aromatic heterocycles. The number of hydrogen-bond acceptors (Lipinski definition) is 10. The molecule has 0 saturated carbocycles. The highest BCUT2D eigenvalue weighted by atomic mass is 16.7. The summed E-state index contributed by atoms with van der Waals surface area (Å²) in [7, 11) is 0. The lowest BCUT2D eigenvalue weighted by Gasteiger charge is -2.03. The fourth-order valence-corrected chi connectivity index (χ4v) is 2.37. The Labute approximate surface area is 179 Å². The third-order valence-electron chi connectivity index (χ3n) is 3.89. The van der Waals surface area contributed by atoms with Crippen molar-refractivity contribution in [2.45, 2.75) is 0 Å². The Hall–Kier alpha value is -5.00. The largest absolute Gasteiger partial charge is 0.366 e. The summed E-state index contributed by atoms with van der Waals surface area (Å²) in [6.07, 6.45) is 5.67. The second-order valence-electron chi connectivity index (χ2n) is 6.07. The monoisotopic (exact) mass is 436 g/mol. The summed E-state index contributed by atoms with van der Waals surface area (Å²) in [5.74, 6) is -1.76. The third-order valence-corrected chi connectivity index (χ3v) is 3.89. The van der Waals surface area contributed by atoms with Crippen molar-refractivity contribution in [2.75, 3.05) is 0 Å². The van der Waals surface area contributed by atoms with Crippen LogP contribution in [-0.4, -0.2) is 33.2 Å². The topological polar surface area (TPSA) is 164 Å². The number of allylic oxidation sites excluding steroid dienone is 4. The summed E-state index contributed by atoms with van der Waals surface area (Å²) in [6.45, 7) is 0. The minimum absolute atomic E-state index is 0.173. The molecule has 3 rings (SSSR count). The molecule has 0 fully saturated rings. The molecule has 0 radical (unpaired) electrons. The van der Waals surface area contributed by atoms with Crippen LogP contribution in [0, 0.1) is 20.2 Å². The van der Waals surface area contributed by atoms with Crippen LogP contribution in [0.3, 0.4) is 0 Å². The zero-order chi connectivity index (χ0) is 23.1. The fraction of sp³-hybridized carbons (Fsp3) is 0. The molecular weight excluding hydrogens is 424 g/mol. The van der Waals surface area contributed by atoms with Gasteiger partial charge in [0.25, 0.3) is 11.4 Å². The van der Waals surface area contributed by atoms with Crippen LogP contribution in [0.1, 0.15) is 20.7 Å². The molecule has 0 saturated heterocycles. The van der Waals surface area contributed by atoms with Gasteiger partial charge in [0.2, 0.25) is 0 Å². The number of rotatable bonds is 6. The molecule has 0 unspecified atom stereocenters. The van der Waals surface area contributed by atoms with Gasteiger partial charge in [-0.05, 0) is 36.4 Å². The molecule has 0 aliphatic heterocycles. The van der Waals surface area contributed by atoms with Crippen molar-refractivity contribution in [2.24, 2.45) is 10.3 Å². The summed E-state index contributed by atoms with van der Waals surface area (Å²) >= 11 is 0. The molecular formula is C20H12N4O8. The SMILES string of the molecule is O=C(ON=C1C=CC(=NOC(=O)c2cc([N+](=O)[O-])cc([N+](=O)[O-])c2)C=C1)c1ccccc1. The van der Waals surface area contributed by atoms with E-state index in [0.29, 0.717) is 5.56 Å². The Kier molecular flexibility index (Phi) is 6.56. The predicted octanol–water partition coefficient (Wildman–Crippen LogP) is 3.35. The maximum absolute atomic E-state index is 12.1. The lowest BCUT2D eigenvalue weighted by Crippen LogP contribution is -2.07. The van der Waals surface area contributed by atoms with E-state index in [2.05, 4.69) is 10.3 Å². The van der Waals surface area contributed by atoms with E-state index in [0.717, 1.165) is 18.2 Å². The number of carbonyl (C=O) groups excluding carboxylic acids is 2. The Morgan fingerprint density at radius 1 is 0.688 bits per heavy atom. The lowest BCUT2D eigenvalue weighted by atomic mass is 10.1. The summed E-state index contributed by atoms with van der Waals surface area (Å²) < 4.78 is 0. The van der Waals surface area contributed by atoms with E-state index in [9.17, 15) is 29.8 Å². The first-order valence-corrected chi connectivity index (χ1v) is 8.77. The smallest absolute Gasteiger partial charge is 0.312 e. The van der Waals surface area contributed by atoms with Crippen molar-refractivity contribution >= 4 is 34.7 Å². The van der Waals surface area contributed by atoms with Crippen molar-refractivity contribution in [3.05, 3.63) is 104 Å². The minimum Gasteiger partial charge on any atom is -0.312 e. The van der Waals surface area contributed by atoms with Crippen LogP contribution in [0.15, 0.2) is 83.1 Å². The zero-order valence-corrected chi connectivity index (χ0v) is 16.0. The van der Waals surface area contributed by atoms with Gasteiger partial charge in [-0.25, -0.2) is 9.59 Å². The molecule has 0 amide bonds. The molecule has 32 heavy (non-hydrogen) atoms. The van der Waals surface area contributed by atoms with E-state index in [1.54, 1.807) is 30.3 Å². The van der Waals surface area contributed by atoms with Gasteiger partial charge in [-0.2, -0.15) is 0 Å². The van der Waals surface area contributed by atoms with Gasteiger partial charge in [0, 0.05) is 12.1 Å². The molecule has 2 aromatic carbocycles. The van der Waals surface area contributed by atoms with Gasteiger partial charge in [-0.3, -0.25) is 20.2 Å². The van der Waals surface area contributed by atoms with Gasteiger partial charge in [0.1, 0.15) is 11.4 Å². The number of benzene rings is 2. The maximum Gasteiger partial charge on any atom is 0.366 e. The van der Waals surface area contributed by atoms with E-state index in [1.807, 2.05) is 0 Å². The maximum atomic E-state index is 12.1. The second-order valence-corrected chi connectivity index (χ2v) is 6.07. The Bertz CT molecular complexity index is 1170. The molecule has 1 aliphatic carbocycles. The van der Waals surface area contributed by atoms with Crippen molar-refractivity contribution in [1.82, 2.24) is 0 Å². The number of non-ortho nitro benzene ring substituents is 2. The molecule has 12 heteroatoms. The van der Waals surface area contributed by atoms with Gasteiger partial charge < -0.3 is 9.68 Å². The third kappa shape index (κ3) is 5.54. The highest BCUT2D eigenvalue weighted by Crippen LogP contribution is 2.23. The Balaban J connectivity index is 1.64. The molecule has 0 atom stereocenters. The average molecular weight is 436 g/mol. The molecule has 160 valence electrons. The fourth-order valence-electron chi connectivity index (χ4n) is 2.37. The molecule has 0 N–H and O–H groups in total. The molecule has 0 heterocycles. The average Bonchev–Trinajstić information content (AvgIpc) is 2.81. The van der Waals surface area contributed by atoms with Crippen LogP contribution in [0.25, 0.3) is 0 Å².